The Morgan fingerprint density at radius 2 is 2.29 bits per heavy atom. The van der Waals surface area contributed by atoms with Gasteiger partial charge < -0.3 is 5.73 Å². The Labute approximate surface area is 84.3 Å². The van der Waals surface area contributed by atoms with Gasteiger partial charge in [-0.05, 0) is 43.9 Å². The number of rotatable bonds is 5. The number of aryl methyl sites for hydroxylation is 2. The van der Waals surface area contributed by atoms with Crippen molar-refractivity contribution in [1.82, 2.24) is 4.98 Å². The van der Waals surface area contributed by atoms with Crippen molar-refractivity contribution < 1.29 is 4.79 Å². The molecule has 1 amide bonds. The highest BCUT2D eigenvalue weighted by atomic mass is 16.1. The Balaban J connectivity index is 2.28. The number of carbonyl (C=O) groups is 1. The van der Waals surface area contributed by atoms with Gasteiger partial charge >= 0.3 is 0 Å². The van der Waals surface area contributed by atoms with E-state index in [0.717, 1.165) is 25.0 Å². The number of unbranched alkanes of at least 4 members (excludes halogenated alkanes) is 1. The molecule has 0 spiro atoms. The number of nitrogens with zero attached hydrogens (tertiary/aromatic N) is 1. The summed E-state index contributed by atoms with van der Waals surface area (Å²) >= 11 is 0. The van der Waals surface area contributed by atoms with Gasteiger partial charge in [-0.3, -0.25) is 9.78 Å². The molecule has 0 unspecified atom stereocenters. The summed E-state index contributed by atoms with van der Waals surface area (Å²) in [5.41, 5.74) is 7.36. The first kappa shape index (κ1) is 10.7. The molecule has 0 bridgehead atoms. The lowest BCUT2D eigenvalue weighted by molar-refractivity contribution is -0.118. The number of primary amides is 1. The van der Waals surface area contributed by atoms with Crippen molar-refractivity contribution in [2.75, 3.05) is 0 Å². The normalized spacial score (nSPS) is 10.1. The van der Waals surface area contributed by atoms with Crippen molar-refractivity contribution >= 4 is 5.91 Å². The van der Waals surface area contributed by atoms with E-state index in [4.69, 9.17) is 5.73 Å². The number of carbonyl (C=O) groups excluding carboxylic acids is 1. The molecular formula is C11H16N2O. The Morgan fingerprint density at radius 3 is 2.93 bits per heavy atom. The zero-order valence-corrected chi connectivity index (χ0v) is 8.49. The number of aromatic nitrogens is 1. The molecule has 0 aliphatic heterocycles. The topological polar surface area (TPSA) is 56.0 Å². The maximum atomic E-state index is 10.5. The Hall–Kier alpha value is -1.38. The van der Waals surface area contributed by atoms with Gasteiger partial charge in [-0.2, -0.15) is 0 Å². The average molecular weight is 192 g/mol. The second kappa shape index (κ2) is 5.37. The van der Waals surface area contributed by atoms with E-state index in [1.54, 1.807) is 0 Å². The summed E-state index contributed by atoms with van der Waals surface area (Å²) in [6.07, 6.45) is 5.05. The maximum absolute atomic E-state index is 10.5. The standard InChI is InChI=1S/C11H16N2O/c1-9-6-7-13-10(8-9)4-2-3-5-11(12)14/h6-8H,2-5H2,1H3,(H2,12,14). The van der Waals surface area contributed by atoms with Crippen LogP contribution < -0.4 is 5.73 Å². The Bertz CT molecular complexity index is 310. The van der Waals surface area contributed by atoms with Crippen molar-refractivity contribution in [3.63, 3.8) is 0 Å². The van der Waals surface area contributed by atoms with Crippen LogP contribution in [-0.2, 0) is 11.2 Å². The number of hydrogen-bond donors (Lipinski definition) is 1. The zero-order valence-electron chi connectivity index (χ0n) is 8.49. The van der Waals surface area contributed by atoms with E-state index in [0.29, 0.717) is 6.42 Å². The van der Waals surface area contributed by atoms with E-state index in [-0.39, 0.29) is 5.91 Å². The van der Waals surface area contributed by atoms with Gasteiger partial charge in [0.1, 0.15) is 0 Å². The minimum atomic E-state index is -0.220. The van der Waals surface area contributed by atoms with Crippen LogP contribution in [0.4, 0.5) is 0 Å². The molecule has 1 heterocycles. The second-order valence-corrected chi connectivity index (χ2v) is 3.50. The average Bonchev–Trinajstić information content (AvgIpc) is 2.12. The lowest BCUT2D eigenvalue weighted by Gasteiger charge is -2.00. The van der Waals surface area contributed by atoms with Crippen molar-refractivity contribution in [1.29, 1.82) is 0 Å². The van der Waals surface area contributed by atoms with Gasteiger partial charge in [0.15, 0.2) is 0 Å². The lowest BCUT2D eigenvalue weighted by atomic mass is 10.1. The highest BCUT2D eigenvalue weighted by molar-refractivity contribution is 5.73. The minimum Gasteiger partial charge on any atom is -0.370 e. The summed E-state index contributed by atoms with van der Waals surface area (Å²) in [6.45, 7) is 2.05. The Morgan fingerprint density at radius 1 is 1.50 bits per heavy atom. The molecule has 1 aromatic rings. The van der Waals surface area contributed by atoms with Crippen LogP contribution in [0.1, 0.15) is 30.5 Å². The van der Waals surface area contributed by atoms with Gasteiger partial charge in [0, 0.05) is 18.3 Å². The second-order valence-electron chi connectivity index (χ2n) is 3.50. The first-order valence-electron chi connectivity index (χ1n) is 4.88. The van der Waals surface area contributed by atoms with Crippen molar-refractivity contribution in [3.05, 3.63) is 29.6 Å². The largest absolute Gasteiger partial charge is 0.370 e. The molecule has 0 aliphatic rings. The summed E-state index contributed by atoms with van der Waals surface area (Å²) < 4.78 is 0. The van der Waals surface area contributed by atoms with Gasteiger partial charge in [-0.25, -0.2) is 0 Å². The van der Waals surface area contributed by atoms with Gasteiger partial charge in [0.25, 0.3) is 0 Å². The van der Waals surface area contributed by atoms with E-state index >= 15 is 0 Å². The summed E-state index contributed by atoms with van der Waals surface area (Å²) in [5.74, 6) is -0.220. The maximum Gasteiger partial charge on any atom is 0.217 e. The minimum absolute atomic E-state index is 0.220. The van der Waals surface area contributed by atoms with E-state index in [1.165, 1.54) is 5.56 Å². The van der Waals surface area contributed by atoms with E-state index in [2.05, 4.69) is 18.0 Å². The van der Waals surface area contributed by atoms with Crippen LogP contribution in [0.2, 0.25) is 0 Å². The number of nitrogens with two attached hydrogens (primary N) is 1. The third-order valence-electron chi connectivity index (χ3n) is 2.08. The molecule has 3 heteroatoms. The number of hydrogen-bond acceptors (Lipinski definition) is 2. The van der Waals surface area contributed by atoms with Crippen LogP contribution in [0.5, 0.6) is 0 Å². The molecule has 1 aromatic heterocycles. The third-order valence-corrected chi connectivity index (χ3v) is 2.08. The molecule has 0 radical (unpaired) electrons. The smallest absolute Gasteiger partial charge is 0.217 e. The monoisotopic (exact) mass is 192 g/mol. The molecule has 0 atom stereocenters. The van der Waals surface area contributed by atoms with E-state index in [1.807, 2.05) is 12.3 Å². The molecule has 0 saturated carbocycles. The van der Waals surface area contributed by atoms with Crippen LogP contribution in [0.15, 0.2) is 18.3 Å². The molecule has 0 saturated heterocycles. The van der Waals surface area contributed by atoms with Gasteiger partial charge in [-0.15, -0.1) is 0 Å². The Kier molecular flexibility index (Phi) is 4.11. The van der Waals surface area contributed by atoms with Crippen LogP contribution in [0.3, 0.4) is 0 Å². The number of amides is 1. The van der Waals surface area contributed by atoms with Crippen molar-refractivity contribution in [3.8, 4) is 0 Å². The molecule has 1 rings (SSSR count). The first-order chi connectivity index (χ1) is 6.68. The van der Waals surface area contributed by atoms with Crippen LogP contribution in [0.25, 0.3) is 0 Å². The molecule has 0 fully saturated rings. The van der Waals surface area contributed by atoms with Crippen LogP contribution in [-0.4, -0.2) is 10.9 Å². The highest BCUT2D eigenvalue weighted by Crippen LogP contribution is 2.05. The predicted octanol–water partition coefficient (Wildman–Crippen LogP) is 1.59. The zero-order chi connectivity index (χ0) is 10.4. The summed E-state index contributed by atoms with van der Waals surface area (Å²) in [6, 6.07) is 4.05. The van der Waals surface area contributed by atoms with Crippen LogP contribution >= 0.6 is 0 Å². The van der Waals surface area contributed by atoms with Crippen LogP contribution in [0, 0.1) is 6.92 Å². The van der Waals surface area contributed by atoms with E-state index < -0.39 is 0 Å². The molecule has 0 aromatic carbocycles. The first-order valence-corrected chi connectivity index (χ1v) is 4.88. The lowest BCUT2D eigenvalue weighted by Crippen LogP contribution is -2.09. The summed E-state index contributed by atoms with van der Waals surface area (Å²) in [5, 5.41) is 0. The van der Waals surface area contributed by atoms with E-state index in [9.17, 15) is 4.79 Å². The quantitative estimate of drug-likeness (QED) is 0.720. The number of pyridine rings is 1. The summed E-state index contributed by atoms with van der Waals surface area (Å²) in [4.78, 5) is 14.7. The van der Waals surface area contributed by atoms with Gasteiger partial charge in [0.2, 0.25) is 5.91 Å². The molecule has 14 heavy (non-hydrogen) atoms. The third kappa shape index (κ3) is 4.03. The predicted molar refractivity (Wildman–Crippen MR) is 55.7 cm³/mol. The molecule has 0 aliphatic carbocycles. The fraction of sp³-hybridized carbons (Fsp3) is 0.455. The molecule has 76 valence electrons. The van der Waals surface area contributed by atoms with Crippen molar-refractivity contribution in [2.24, 2.45) is 5.73 Å². The van der Waals surface area contributed by atoms with Gasteiger partial charge in [0.05, 0.1) is 0 Å². The SMILES string of the molecule is Cc1ccnc(CCCCC(N)=O)c1. The van der Waals surface area contributed by atoms with Gasteiger partial charge in [-0.1, -0.05) is 0 Å². The molecular weight excluding hydrogens is 176 g/mol. The molecule has 3 nitrogen and oxygen atoms in total. The highest BCUT2D eigenvalue weighted by Gasteiger charge is 1.97. The fourth-order valence-corrected chi connectivity index (χ4v) is 1.34. The summed E-state index contributed by atoms with van der Waals surface area (Å²) in [7, 11) is 0. The fourth-order valence-electron chi connectivity index (χ4n) is 1.34. The molecule has 2 N–H and O–H groups in total. The van der Waals surface area contributed by atoms with Crippen molar-refractivity contribution in [2.45, 2.75) is 32.6 Å².